The lowest BCUT2D eigenvalue weighted by atomic mass is 9.60. The number of alkyl halides is 10. The molecule has 1 heterocycles. The summed E-state index contributed by atoms with van der Waals surface area (Å²) in [4.78, 5) is -0.105. The zero-order valence-electron chi connectivity index (χ0n) is 14.0. The lowest BCUT2D eigenvalue weighted by Gasteiger charge is -2.68. The molecular weight excluding hydrogens is 1020 g/mol. The second-order valence-corrected chi connectivity index (χ2v) is 23.0. The van der Waals surface area contributed by atoms with Crippen LogP contribution in [-0.4, -0.2) is 35.3 Å². The molecule has 2 fully saturated rings. The molecule has 0 amide bonds. The zero-order valence-corrected chi connectivity index (χ0v) is 29.8. The van der Waals surface area contributed by atoms with Crippen molar-refractivity contribution in [3.63, 3.8) is 0 Å². The van der Waals surface area contributed by atoms with Crippen LogP contribution >= 0.6 is 159 Å². The number of hydrogen-bond acceptors (Lipinski definition) is 1. The first-order chi connectivity index (χ1) is 12.7. The number of halogens is 10. The Morgan fingerprint density at radius 2 is 1.21 bits per heavy atom. The van der Waals surface area contributed by atoms with Gasteiger partial charge in [-0.2, -0.15) is 0 Å². The van der Waals surface area contributed by atoms with Crippen LogP contribution in [0.1, 0.15) is 18.4 Å². The van der Waals surface area contributed by atoms with Crippen LogP contribution in [0.25, 0.3) is 0 Å². The maximum Gasteiger partial charge on any atom is 0.134 e. The third-order valence-electron chi connectivity index (χ3n) is 5.70. The van der Waals surface area contributed by atoms with Crippen molar-refractivity contribution in [3.8, 4) is 0 Å². The maximum atomic E-state index is 5.80. The van der Waals surface area contributed by atoms with E-state index in [4.69, 9.17) is 4.74 Å². The fourth-order valence-electron chi connectivity index (χ4n) is 4.09. The summed E-state index contributed by atoms with van der Waals surface area (Å²) >= 11 is 40.1. The van der Waals surface area contributed by atoms with E-state index in [-0.39, 0.29) is 10.2 Å². The Balaban J connectivity index is 2.35. The molecule has 11 heteroatoms. The van der Waals surface area contributed by atoms with Crippen molar-refractivity contribution in [2.75, 3.05) is 13.2 Å². The summed E-state index contributed by atoms with van der Waals surface area (Å²) in [5.74, 6) is 0. The first-order valence-electron chi connectivity index (χ1n) is 8.19. The molecule has 2 unspecified atom stereocenters. The Morgan fingerprint density at radius 3 is 1.71 bits per heavy atom. The van der Waals surface area contributed by atoms with Gasteiger partial charge in [0, 0.05) is 18.6 Å². The molecule has 3 rings (SSSR count). The molecule has 1 aliphatic carbocycles. The van der Waals surface area contributed by atoms with Crippen LogP contribution in [0.4, 0.5) is 0 Å². The predicted molar refractivity (Wildman–Crippen MR) is 155 cm³/mol. The minimum atomic E-state index is -0.694. The van der Waals surface area contributed by atoms with Crippen LogP contribution in [0.3, 0.4) is 0 Å². The molecule has 1 saturated heterocycles. The maximum absolute atomic E-state index is 5.80. The van der Waals surface area contributed by atoms with Crippen LogP contribution in [0.5, 0.6) is 0 Å². The average molecular weight is 1030 g/mol. The van der Waals surface area contributed by atoms with Gasteiger partial charge in [-0.05, 0) is 18.4 Å². The molecule has 1 saturated carbocycles. The molecule has 2 aliphatic rings. The summed E-state index contributed by atoms with van der Waals surface area (Å²) in [6.07, 6.45) is 1.74. The SMILES string of the molecule is BrC1C(Br)(Br)C(Br)(Br)C(Br)(Br)C(Br)(Br)C1(Br)C1(c2ccccc2)CCOCC1. The highest BCUT2D eigenvalue weighted by Gasteiger charge is 2.83. The Kier molecular flexibility index (Phi) is 8.44. The van der Waals surface area contributed by atoms with Gasteiger partial charge in [-0.1, -0.05) is 190 Å². The standard InChI is InChI=1S/C17H14Br10O/c18-11-13(19,15(22,23)17(26,27)16(24,25)14(11,20)21)12(6-8-28-9-7-12)10-4-2-1-3-5-10/h1-5,11H,6-9H2. The highest BCUT2D eigenvalue weighted by molar-refractivity contribution is 9.35. The second-order valence-electron chi connectivity index (χ2n) is 6.98. The quantitative estimate of drug-likeness (QED) is 0.269. The molecule has 0 bridgehead atoms. The first-order valence-corrected chi connectivity index (χ1v) is 16.2. The average Bonchev–Trinajstić information content (AvgIpc) is 2.66. The van der Waals surface area contributed by atoms with Gasteiger partial charge in [0.05, 0.1) is 9.15 Å². The van der Waals surface area contributed by atoms with Crippen LogP contribution in [-0.2, 0) is 10.2 Å². The van der Waals surface area contributed by atoms with Crippen molar-refractivity contribution in [2.24, 2.45) is 0 Å². The fraction of sp³-hybridized carbons (Fsp3) is 0.647. The fourth-order valence-corrected chi connectivity index (χ4v) is 16.4. The molecule has 1 aromatic carbocycles. The Morgan fingerprint density at radius 1 is 0.714 bits per heavy atom. The third kappa shape index (κ3) is 3.49. The Labute approximate surface area is 249 Å². The number of rotatable bonds is 2. The van der Waals surface area contributed by atoms with E-state index in [1.807, 2.05) is 0 Å². The van der Waals surface area contributed by atoms with Crippen LogP contribution in [0.15, 0.2) is 30.3 Å². The Hall–Kier alpha value is 3.98. The van der Waals surface area contributed by atoms with Crippen molar-refractivity contribution in [1.82, 2.24) is 0 Å². The molecule has 2 atom stereocenters. The summed E-state index contributed by atoms with van der Waals surface area (Å²) in [7, 11) is 0. The third-order valence-corrected chi connectivity index (χ3v) is 27.5. The highest BCUT2D eigenvalue weighted by Crippen LogP contribution is 2.80. The van der Waals surface area contributed by atoms with Crippen molar-refractivity contribution in [3.05, 3.63) is 35.9 Å². The lowest BCUT2D eigenvalue weighted by molar-refractivity contribution is 0.0301. The minimum Gasteiger partial charge on any atom is -0.381 e. The van der Waals surface area contributed by atoms with E-state index in [2.05, 4.69) is 190 Å². The number of benzene rings is 1. The molecule has 0 aromatic heterocycles. The lowest BCUT2D eigenvalue weighted by Crippen LogP contribution is -2.79. The monoisotopic (exact) mass is 1020 g/mol. The molecule has 158 valence electrons. The summed E-state index contributed by atoms with van der Waals surface area (Å²) in [6.45, 7) is 1.39. The molecule has 0 spiro atoms. The molecule has 0 radical (unpaired) electrons. The van der Waals surface area contributed by atoms with E-state index < -0.39 is 17.3 Å². The van der Waals surface area contributed by atoms with E-state index >= 15 is 0 Å². The normalized spacial score (nSPS) is 35.3. The molecular formula is C17H14Br10O. The van der Waals surface area contributed by atoms with Gasteiger partial charge in [0.15, 0.2) is 0 Å². The van der Waals surface area contributed by atoms with Gasteiger partial charge in [0.25, 0.3) is 0 Å². The van der Waals surface area contributed by atoms with Gasteiger partial charge in [-0.25, -0.2) is 0 Å². The predicted octanol–water partition coefficient (Wildman–Crippen LogP) is 9.59. The van der Waals surface area contributed by atoms with E-state index in [0.717, 1.165) is 12.8 Å². The molecule has 28 heavy (non-hydrogen) atoms. The summed E-state index contributed by atoms with van der Waals surface area (Å²) in [5, 5.41) is 0. The van der Waals surface area contributed by atoms with Crippen molar-refractivity contribution >= 4 is 159 Å². The molecule has 0 N–H and O–H groups in total. The second kappa shape index (κ2) is 8.89. The minimum absolute atomic E-state index is 0.105. The van der Waals surface area contributed by atoms with Gasteiger partial charge in [-0.15, -0.1) is 0 Å². The van der Waals surface area contributed by atoms with Crippen LogP contribution in [0, 0.1) is 0 Å². The van der Waals surface area contributed by atoms with E-state index in [9.17, 15) is 0 Å². The van der Waals surface area contributed by atoms with E-state index in [1.54, 1.807) is 0 Å². The van der Waals surface area contributed by atoms with Crippen LogP contribution in [0.2, 0.25) is 0 Å². The van der Waals surface area contributed by atoms with Gasteiger partial charge >= 0.3 is 0 Å². The molecule has 1 aromatic rings. The molecule has 1 aliphatic heterocycles. The van der Waals surface area contributed by atoms with Gasteiger partial charge in [0.2, 0.25) is 0 Å². The Bertz CT molecular complexity index is 729. The van der Waals surface area contributed by atoms with E-state index in [1.165, 1.54) is 5.56 Å². The van der Waals surface area contributed by atoms with E-state index in [0.29, 0.717) is 13.2 Å². The molecule has 1 nitrogen and oxygen atoms in total. The van der Waals surface area contributed by atoms with Gasteiger partial charge < -0.3 is 4.74 Å². The van der Waals surface area contributed by atoms with Crippen molar-refractivity contribution in [1.29, 1.82) is 0 Å². The van der Waals surface area contributed by atoms with Crippen molar-refractivity contribution in [2.45, 2.75) is 40.3 Å². The van der Waals surface area contributed by atoms with Crippen LogP contribution < -0.4 is 0 Å². The first kappa shape index (κ1) is 26.6. The van der Waals surface area contributed by atoms with Crippen molar-refractivity contribution < 1.29 is 4.74 Å². The summed E-state index contributed by atoms with van der Waals surface area (Å²) in [6, 6.07) is 10.7. The summed E-state index contributed by atoms with van der Waals surface area (Å²) in [5.41, 5.74) is 1.02. The van der Waals surface area contributed by atoms with Gasteiger partial charge in [0.1, 0.15) is 12.9 Å². The topological polar surface area (TPSA) is 9.23 Å². The smallest absolute Gasteiger partial charge is 0.134 e. The largest absolute Gasteiger partial charge is 0.381 e. The highest BCUT2D eigenvalue weighted by atomic mass is 79.9. The summed E-state index contributed by atoms with van der Waals surface area (Å²) < 4.78 is 2.64. The number of hydrogen-bond donors (Lipinski definition) is 0. The van der Waals surface area contributed by atoms with Gasteiger partial charge in [-0.3, -0.25) is 0 Å². The number of ether oxygens (including phenoxy) is 1. The zero-order chi connectivity index (χ0) is 21.2.